The number of nitrogens with zero attached hydrogens (tertiary/aromatic N) is 4. The van der Waals surface area contributed by atoms with E-state index in [1.165, 1.54) is 11.8 Å². The molecule has 8 heteroatoms. The molecule has 7 nitrogen and oxygen atoms in total. The molecule has 3 aromatic rings. The first kappa shape index (κ1) is 12.8. The van der Waals surface area contributed by atoms with Crippen molar-refractivity contribution in [3.8, 4) is 0 Å². The van der Waals surface area contributed by atoms with Crippen LogP contribution in [0.3, 0.4) is 0 Å². The lowest BCUT2D eigenvalue weighted by molar-refractivity contribution is 1.03. The fraction of sp³-hybridized carbons (Fsp3) is 0.167. The van der Waals surface area contributed by atoms with Gasteiger partial charge in [0.05, 0.1) is 11.6 Å². The Labute approximate surface area is 119 Å². The molecule has 0 amide bonds. The second kappa shape index (κ2) is 5.06. The summed E-state index contributed by atoms with van der Waals surface area (Å²) in [6.07, 6.45) is 1.70. The summed E-state index contributed by atoms with van der Waals surface area (Å²) in [5.41, 5.74) is 5.23. The largest absolute Gasteiger partial charge is 0.292 e. The smallest absolute Gasteiger partial charge is 0.240 e. The Balaban J connectivity index is 2.07. The number of pyridine rings is 1. The Morgan fingerprint density at radius 1 is 1.20 bits per heavy atom. The van der Waals surface area contributed by atoms with Crippen molar-refractivity contribution in [1.29, 1.82) is 0 Å². The van der Waals surface area contributed by atoms with E-state index < -0.39 is 0 Å². The minimum absolute atomic E-state index is 0.341. The highest BCUT2D eigenvalue weighted by atomic mass is 32.2. The lowest BCUT2D eigenvalue weighted by Crippen LogP contribution is -2.10. The van der Waals surface area contributed by atoms with E-state index in [2.05, 4.69) is 30.6 Å². The Morgan fingerprint density at radius 3 is 2.80 bits per heavy atom. The van der Waals surface area contributed by atoms with Crippen LogP contribution in [0, 0.1) is 13.8 Å². The van der Waals surface area contributed by atoms with E-state index in [0.29, 0.717) is 11.6 Å². The van der Waals surface area contributed by atoms with Crippen molar-refractivity contribution in [3.05, 3.63) is 29.6 Å². The molecule has 0 unspecified atom stereocenters. The number of fused-ring (bicyclic) bond motifs is 1. The van der Waals surface area contributed by atoms with E-state index >= 15 is 0 Å². The lowest BCUT2D eigenvalue weighted by atomic mass is 10.3. The molecule has 0 saturated heterocycles. The van der Waals surface area contributed by atoms with Gasteiger partial charge in [-0.3, -0.25) is 10.5 Å². The van der Waals surface area contributed by atoms with Gasteiger partial charge in [0.15, 0.2) is 5.65 Å². The average molecular weight is 287 g/mol. The predicted octanol–water partition coefficient (Wildman–Crippen LogP) is 1.80. The van der Waals surface area contributed by atoms with Crippen molar-refractivity contribution in [2.45, 2.75) is 23.9 Å². The van der Waals surface area contributed by atoms with Gasteiger partial charge in [0.1, 0.15) is 10.1 Å². The van der Waals surface area contributed by atoms with Gasteiger partial charge < -0.3 is 0 Å². The van der Waals surface area contributed by atoms with E-state index in [-0.39, 0.29) is 0 Å². The van der Waals surface area contributed by atoms with Crippen molar-refractivity contribution < 1.29 is 0 Å². The van der Waals surface area contributed by atoms with Gasteiger partial charge in [-0.05, 0) is 43.3 Å². The van der Waals surface area contributed by atoms with Crippen molar-refractivity contribution >= 4 is 28.7 Å². The molecule has 3 rings (SSSR count). The minimum Gasteiger partial charge on any atom is -0.292 e. The number of hydrogen-bond acceptors (Lipinski definition) is 7. The predicted molar refractivity (Wildman–Crippen MR) is 77.3 cm³/mol. The molecule has 0 atom stereocenters. The summed E-state index contributed by atoms with van der Waals surface area (Å²) >= 11 is 1.46. The van der Waals surface area contributed by atoms with E-state index in [4.69, 9.17) is 5.84 Å². The molecule has 0 bridgehead atoms. The number of anilines is 1. The number of H-pyrrole nitrogens is 1. The molecule has 0 radical (unpaired) electrons. The molecule has 0 aliphatic rings. The standard InChI is InChI=1S/C12H13N7S/c1-6-3-7(2)15-9(4-6)20-11-8-5-14-19-10(8)16-12(17-11)18-13/h3-5H,13H2,1-2H3,(H2,14,16,17,18,19). The molecule has 0 aromatic carbocycles. The van der Waals surface area contributed by atoms with Crippen LogP contribution >= 0.6 is 11.8 Å². The molecule has 3 aromatic heterocycles. The quantitative estimate of drug-likeness (QED) is 0.383. The maximum Gasteiger partial charge on any atom is 0.240 e. The molecule has 3 heterocycles. The third-order valence-corrected chi connectivity index (χ3v) is 3.60. The van der Waals surface area contributed by atoms with Gasteiger partial charge in [0.2, 0.25) is 5.95 Å². The number of aryl methyl sites for hydroxylation is 2. The molecule has 0 aliphatic carbocycles. The molecular formula is C12H13N7S. The second-order valence-electron chi connectivity index (χ2n) is 4.36. The maximum absolute atomic E-state index is 5.39. The van der Waals surface area contributed by atoms with E-state index in [1.54, 1.807) is 6.20 Å². The van der Waals surface area contributed by atoms with Crippen LogP contribution in [0.2, 0.25) is 0 Å². The van der Waals surface area contributed by atoms with Crippen molar-refractivity contribution in [3.63, 3.8) is 0 Å². The zero-order chi connectivity index (χ0) is 14.1. The number of hydrogen-bond donors (Lipinski definition) is 3. The average Bonchev–Trinajstić information content (AvgIpc) is 2.85. The number of hydrazine groups is 1. The van der Waals surface area contributed by atoms with Crippen LogP contribution in [0.15, 0.2) is 28.4 Å². The number of nitrogens with two attached hydrogens (primary N) is 1. The molecule has 0 aliphatic heterocycles. The number of rotatable bonds is 3. The summed E-state index contributed by atoms with van der Waals surface area (Å²) in [5, 5.41) is 9.28. The number of nitrogens with one attached hydrogen (secondary N) is 2. The van der Waals surface area contributed by atoms with Crippen molar-refractivity contribution in [2.24, 2.45) is 5.84 Å². The third-order valence-electron chi connectivity index (χ3n) is 2.68. The molecule has 0 saturated carbocycles. The van der Waals surface area contributed by atoms with E-state index in [1.807, 2.05) is 26.0 Å². The van der Waals surface area contributed by atoms with E-state index in [9.17, 15) is 0 Å². The van der Waals surface area contributed by atoms with E-state index in [0.717, 1.165) is 26.7 Å². The molecule has 0 fully saturated rings. The maximum atomic E-state index is 5.39. The van der Waals surface area contributed by atoms with Gasteiger partial charge in [-0.2, -0.15) is 10.1 Å². The SMILES string of the molecule is Cc1cc(C)nc(Sc2nc(NN)nc3[nH]ncc23)c1. The molecule has 0 spiro atoms. The van der Waals surface area contributed by atoms with Crippen molar-refractivity contribution in [1.82, 2.24) is 25.1 Å². The summed E-state index contributed by atoms with van der Waals surface area (Å²) in [4.78, 5) is 13.1. The van der Waals surface area contributed by atoms with Crippen LogP contribution < -0.4 is 11.3 Å². The zero-order valence-electron chi connectivity index (χ0n) is 11.0. The fourth-order valence-corrected chi connectivity index (χ4v) is 2.93. The van der Waals surface area contributed by atoms with Gasteiger partial charge >= 0.3 is 0 Å². The van der Waals surface area contributed by atoms with Crippen LogP contribution in [0.5, 0.6) is 0 Å². The van der Waals surface area contributed by atoms with Gasteiger partial charge in [-0.1, -0.05) is 0 Å². The summed E-state index contributed by atoms with van der Waals surface area (Å²) in [7, 11) is 0. The topological polar surface area (TPSA) is 105 Å². The van der Waals surface area contributed by atoms with Crippen LogP contribution in [0.1, 0.15) is 11.3 Å². The summed E-state index contributed by atoms with van der Waals surface area (Å²) in [6.45, 7) is 4.01. The Hall–Kier alpha value is -2.19. The van der Waals surface area contributed by atoms with Gasteiger partial charge in [-0.15, -0.1) is 0 Å². The molecular weight excluding hydrogens is 274 g/mol. The highest BCUT2D eigenvalue weighted by Gasteiger charge is 2.11. The lowest BCUT2D eigenvalue weighted by Gasteiger charge is -2.06. The highest BCUT2D eigenvalue weighted by Crippen LogP contribution is 2.31. The molecule has 102 valence electrons. The monoisotopic (exact) mass is 287 g/mol. The minimum atomic E-state index is 0.341. The highest BCUT2D eigenvalue weighted by molar-refractivity contribution is 7.99. The number of aromatic amines is 1. The number of nitrogen functional groups attached to an aromatic ring is 1. The third kappa shape index (κ3) is 2.43. The molecule has 4 N–H and O–H groups in total. The van der Waals surface area contributed by atoms with Crippen LogP contribution in [0.4, 0.5) is 5.95 Å². The molecule has 20 heavy (non-hydrogen) atoms. The Kier molecular flexibility index (Phi) is 3.25. The van der Waals surface area contributed by atoms with Crippen LogP contribution in [0.25, 0.3) is 11.0 Å². The van der Waals surface area contributed by atoms with Gasteiger partial charge in [0, 0.05) is 5.69 Å². The first-order valence-electron chi connectivity index (χ1n) is 5.96. The Morgan fingerprint density at radius 2 is 2.05 bits per heavy atom. The fourth-order valence-electron chi connectivity index (χ4n) is 1.91. The van der Waals surface area contributed by atoms with Crippen LogP contribution in [-0.2, 0) is 0 Å². The van der Waals surface area contributed by atoms with Crippen molar-refractivity contribution in [2.75, 3.05) is 5.43 Å². The number of aromatic nitrogens is 5. The zero-order valence-corrected chi connectivity index (χ0v) is 11.8. The first-order valence-corrected chi connectivity index (χ1v) is 6.78. The normalized spacial score (nSPS) is 10.9. The Bertz CT molecular complexity index is 747. The summed E-state index contributed by atoms with van der Waals surface area (Å²) < 4.78 is 0. The first-order chi connectivity index (χ1) is 9.65. The second-order valence-corrected chi connectivity index (χ2v) is 5.36. The van der Waals surface area contributed by atoms with Gasteiger partial charge in [-0.25, -0.2) is 15.8 Å². The summed E-state index contributed by atoms with van der Waals surface area (Å²) in [6, 6.07) is 4.05. The van der Waals surface area contributed by atoms with Crippen LogP contribution in [-0.4, -0.2) is 25.1 Å². The van der Waals surface area contributed by atoms with Gasteiger partial charge in [0.25, 0.3) is 0 Å². The summed E-state index contributed by atoms with van der Waals surface area (Å²) in [5.74, 6) is 5.73.